The molecule has 0 saturated carbocycles. The molecule has 0 spiro atoms. The van der Waals surface area contributed by atoms with Crippen LogP contribution in [0.25, 0.3) is 0 Å². The van der Waals surface area contributed by atoms with E-state index in [2.05, 4.69) is 20.9 Å². The van der Waals surface area contributed by atoms with E-state index in [1.807, 2.05) is 48.0 Å². The summed E-state index contributed by atoms with van der Waals surface area (Å²) in [7, 11) is 0. The first-order chi connectivity index (χ1) is 6.84. The Morgan fingerprint density at radius 1 is 1.14 bits per heavy atom. The summed E-state index contributed by atoms with van der Waals surface area (Å²) in [6.07, 6.45) is 1.88. The third kappa shape index (κ3) is 2.53. The standard InChI is InChI=1S/C11H8BrNS/c12-9-3-5-10(6-4-9)13-8-11-2-1-7-14-11/h1-8H. The van der Waals surface area contributed by atoms with Gasteiger partial charge in [-0.15, -0.1) is 11.3 Å². The number of aliphatic imine (C=N–C) groups is 1. The van der Waals surface area contributed by atoms with Crippen LogP contribution >= 0.6 is 27.3 Å². The predicted molar refractivity (Wildman–Crippen MR) is 65.7 cm³/mol. The van der Waals surface area contributed by atoms with Crippen molar-refractivity contribution in [3.05, 3.63) is 51.1 Å². The van der Waals surface area contributed by atoms with Crippen LogP contribution in [0.3, 0.4) is 0 Å². The Bertz CT molecular complexity index is 417. The fraction of sp³-hybridized carbons (Fsp3) is 0. The molecule has 0 unspecified atom stereocenters. The number of thiophene rings is 1. The van der Waals surface area contributed by atoms with Crippen molar-refractivity contribution in [2.45, 2.75) is 0 Å². The average molecular weight is 266 g/mol. The Morgan fingerprint density at radius 3 is 2.57 bits per heavy atom. The molecule has 14 heavy (non-hydrogen) atoms. The SMILES string of the molecule is Brc1ccc(N=Cc2cccs2)cc1. The topological polar surface area (TPSA) is 12.4 Å². The van der Waals surface area contributed by atoms with Gasteiger partial charge in [0.2, 0.25) is 0 Å². The molecule has 2 rings (SSSR count). The van der Waals surface area contributed by atoms with Crippen molar-refractivity contribution in [3.8, 4) is 0 Å². The van der Waals surface area contributed by atoms with E-state index in [0.29, 0.717) is 0 Å². The van der Waals surface area contributed by atoms with Crippen LogP contribution in [0.1, 0.15) is 4.88 Å². The summed E-state index contributed by atoms with van der Waals surface area (Å²) in [5.74, 6) is 0. The minimum absolute atomic E-state index is 0.974. The van der Waals surface area contributed by atoms with E-state index >= 15 is 0 Å². The van der Waals surface area contributed by atoms with Crippen LogP contribution in [0.2, 0.25) is 0 Å². The maximum atomic E-state index is 4.35. The normalized spacial score (nSPS) is 10.9. The summed E-state index contributed by atoms with van der Waals surface area (Å²) < 4.78 is 1.08. The molecule has 1 heterocycles. The largest absolute Gasteiger partial charge is 0.255 e. The highest BCUT2D eigenvalue weighted by Crippen LogP contribution is 2.17. The van der Waals surface area contributed by atoms with Crippen molar-refractivity contribution >= 4 is 39.2 Å². The Balaban J connectivity index is 2.15. The molecule has 70 valence electrons. The third-order valence-electron chi connectivity index (χ3n) is 1.71. The number of nitrogens with zero attached hydrogens (tertiary/aromatic N) is 1. The fourth-order valence-electron chi connectivity index (χ4n) is 1.03. The Morgan fingerprint density at radius 2 is 1.93 bits per heavy atom. The molecule has 0 fully saturated rings. The molecule has 2 aromatic rings. The first-order valence-electron chi connectivity index (χ1n) is 4.18. The Kier molecular flexibility index (Phi) is 3.11. The Labute approximate surface area is 95.3 Å². The molecule has 1 aromatic carbocycles. The number of benzene rings is 1. The molecule has 1 aromatic heterocycles. The van der Waals surface area contributed by atoms with Gasteiger partial charge < -0.3 is 0 Å². The first kappa shape index (κ1) is 9.62. The van der Waals surface area contributed by atoms with Crippen LogP contribution in [0.4, 0.5) is 5.69 Å². The maximum Gasteiger partial charge on any atom is 0.0631 e. The van der Waals surface area contributed by atoms with Crippen LogP contribution in [-0.2, 0) is 0 Å². The lowest BCUT2D eigenvalue weighted by molar-refractivity contribution is 1.52. The van der Waals surface area contributed by atoms with Crippen LogP contribution in [0.15, 0.2) is 51.2 Å². The van der Waals surface area contributed by atoms with Gasteiger partial charge in [-0.25, -0.2) is 0 Å². The van der Waals surface area contributed by atoms with E-state index in [4.69, 9.17) is 0 Å². The second-order valence-electron chi connectivity index (χ2n) is 2.75. The summed E-state index contributed by atoms with van der Waals surface area (Å²) >= 11 is 5.07. The van der Waals surface area contributed by atoms with Gasteiger partial charge in [-0.3, -0.25) is 4.99 Å². The summed E-state index contributed by atoms with van der Waals surface area (Å²) in [4.78, 5) is 5.53. The van der Waals surface area contributed by atoms with Gasteiger partial charge in [-0.05, 0) is 35.7 Å². The number of halogens is 1. The molecule has 0 aliphatic rings. The van der Waals surface area contributed by atoms with Crippen LogP contribution in [-0.4, -0.2) is 6.21 Å². The summed E-state index contributed by atoms with van der Waals surface area (Å²) in [6.45, 7) is 0. The highest BCUT2D eigenvalue weighted by Gasteiger charge is 1.89. The molecule has 0 N–H and O–H groups in total. The van der Waals surface area contributed by atoms with Gasteiger partial charge in [0.25, 0.3) is 0 Å². The van der Waals surface area contributed by atoms with Gasteiger partial charge in [0, 0.05) is 15.6 Å². The van der Waals surface area contributed by atoms with E-state index < -0.39 is 0 Å². The van der Waals surface area contributed by atoms with Gasteiger partial charge in [0.15, 0.2) is 0 Å². The van der Waals surface area contributed by atoms with E-state index in [1.165, 1.54) is 4.88 Å². The lowest BCUT2D eigenvalue weighted by Crippen LogP contribution is -1.71. The van der Waals surface area contributed by atoms with Crippen LogP contribution in [0.5, 0.6) is 0 Å². The quantitative estimate of drug-likeness (QED) is 0.720. The van der Waals surface area contributed by atoms with E-state index in [-0.39, 0.29) is 0 Å². The number of hydrogen-bond donors (Lipinski definition) is 0. The van der Waals surface area contributed by atoms with Crippen molar-refractivity contribution in [1.82, 2.24) is 0 Å². The monoisotopic (exact) mass is 265 g/mol. The summed E-state index contributed by atoms with van der Waals surface area (Å²) in [5, 5.41) is 2.04. The lowest BCUT2D eigenvalue weighted by atomic mass is 10.3. The fourth-order valence-corrected chi connectivity index (χ4v) is 1.88. The van der Waals surface area contributed by atoms with Crippen molar-refractivity contribution in [3.63, 3.8) is 0 Å². The zero-order valence-electron chi connectivity index (χ0n) is 7.35. The van der Waals surface area contributed by atoms with Gasteiger partial charge in [0.05, 0.1) is 5.69 Å². The maximum absolute atomic E-state index is 4.35. The van der Waals surface area contributed by atoms with Crippen molar-refractivity contribution in [2.24, 2.45) is 4.99 Å². The van der Waals surface area contributed by atoms with E-state index in [1.54, 1.807) is 11.3 Å². The van der Waals surface area contributed by atoms with Crippen molar-refractivity contribution in [1.29, 1.82) is 0 Å². The van der Waals surface area contributed by atoms with Crippen molar-refractivity contribution < 1.29 is 0 Å². The molecule has 0 amide bonds. The van der Waals surface area contributed by atoms with Crippen molar-refractivity contribution in [2.75, 3.05) is 0 Å². The van der Waals surface area contributed by atoms with E-state index in [9.17, 15) is 0 Å². The summed E-state index contributed by atoms with van der Waals surface area (Å²) in [5.41, 5.74) is 0.974. The molecule has 0 atom stereocenters. The second-order valence-corrected chi connectivity index (χ2v) is 4.64. The molecule has 0 radical (unpaired) electrons. The zero-order valence-corrected chi connectivity index (χ0v) is 9.75. The van der Waals surface area contributed by atoms with E-state index in [0.717, 1.165) is 10.2 Å². The van der Waals surface area contributed by atoms with Gasteiger partial charge >= 0.3 is 0 Å². The van der Waals surface area contributed by atoms with Crippen LogP contribution in [0, 0.1) is 0 Å². The van der Waals surface area contributed by atoms with Gasteiger partial charge in [-0.2, -0.15) is 0 Å². The first-order valence-corrected chi connectivity index (χ1v) is 5.85. The number of hydrogen-bond acceptors (Lipinski definition) is 2. The van der Waals surface area contributed by atoms with Gasteiger partial charge in [-0.1, -0.05) is 22.0 Å². The summed E-state index contributed by atoms with van der Waals surface area (Å²) in [6, 6.07) is 12.0. The zero-order chi connectivity index (χ0) is 9.80. The molecule has 0 aliphatic heterocycles. The molecule has 0 saturated heterocycles. The van der Waals surface area contributed by atoms with Gasteiger partial charge in [0.1, 0.15) is 0 Å². The molecule has 1 nitrogen and oxygen atoms in total. The molecule has 0 aliphatic carbocycles. The minimum atomic E-state index is 0.974. The minimum Gasteiger partial charge on any atom is -0.255 e. The highest BCUT2D eigenvalue weighted by molar-refractivity contribution is 9.10. The number of rotatable bonds is 2. The smallest absolute Gasteiger partial charge is 0.0631 e. The third-order valence-corrected chi connectivity index (χ3v) is 3.05. The lowest BCUT2D eigenvalue weighted by Gasteiger charge is -1.92. The molecular weight excluding hydrogens is 258 g/mol. The van der Waals surface area contributed by atoms with Crippen LogP contribution < -0.4 is 0 Å². The molecule has 0 bridgehead atoms. The second kappa shape index (κ2) is 4.53. The molecular formula is C11H8BrNS. The highest BCUT2D eigenvalue weighted by atomic mass is 79.9. The molecule has 3 heteroatoms. The Hall–Kier alpha value is -0.930. The predicted octanol–water partition coefficient (Wildman–Crippen LogP) is 4.26. The average Bonchev–Trinajstić information content (AvgIpc) is 2.70.